The zero-order valence-corrected chi connectivity index (χ0v) is 17.3. The number of rotatable bonds is 17. The molecule has 0 spiro atoms. The number of hydrogen-bond donors (Lipinski definition) is 2. The maximum absolute atomic E-state index is 11.7. The Balaban J connectivity index is 3.36. The van der Waals surface area contributed by atoms with Gasteiger partial charge in [-0.3, -0.25) is 9.59 Å². The van der Waals surface area contributed by atoms with Crippen LogP contribution >= 0.6 is 0 Å². The van der Waals surface area contributed by atoms with Gasteiger partial charge in [0.05, 0.1) is 19.3 Å². The van der Waals surface area contributed by atoms with Crippen LogP contribution in [0.25, 0.3) is 0 Å². The molecule has 0 aliphatic carbocycles. The smallest absolute Gasteiger partial charge is 0.220 e. The Hall–Kier alpha value is -1.14. The van der Waals surface area contributed by atoms with Gasteiger partial charge in [0.25, 0.3) is 0 Å². The minimum absolute atomic E-state index is 0.00197. The summed E-state index contributed by atoms with van der Waals surface area (Å²) in [7, 11) is 0. The van der Waals surface area contributed by atoms with Gasteiger partial charge in [-0.1, -0.05) is 26.7 Å². The first-order valence-electron chi connectivity index (χ1n) is 10.1. The van der Waals surface area contributed by atoms with Crippen molar-refractivity contribution in [1.29, 1.82) is 0 Å². The van der Waals surface area contributed by atoms with E-state index in [1.54, 1.807) is 0 Å². The minimum Gasteiger partial charge on any atom is -0.379 e. The highest BCUT2D eigenvalue weighted by Gasteiger charge is 2.05. The third kappa shape index (κ3) is 19.2. The van der Waals surface area contributed by atoms with Crippen molar-refractivity contribution in [1.82, 2.24) is 10.6 Å². The first-order valence-corrected chi connectivity index (χ1v) is 10.1. The number of unbranched alkanes of at least 4 members (excludes halogenated alkanes) is 1. The van der Waals surface area contributed by atoms with E-state index in [0.717, 1.165) is 31.7 Å². The molecule has 154 valence electrons. The van der Waals surface area contributed by atoms with Crippen LogP contribution in [-0.2, 0) is 19.1 Å². The van der Waals surface area contributed by atoms with Gasteiger partial charge in [0.2, 0.25) is 11.8 Å². The van der Waals surface area contributed by atoms with E-state index in [9.17, 15) is 9.59 Å². The molecule has 0 aromatic carbocycles. The van der Waals surface area contributed by atoms with Crippen LogP contribution in [0.1, 0.15) is 72.6 Å². The van der Waals surface area contributed by atoms with Gasteiger partial charge in [-0.05, 0) is 39.0 Å². The number of ether oxygens (including phenoxy) is 2. The van der Waals surface area contributed by atoms with Crippen molar-refractivity contribution in [2.24, 2.45) is 5.92 Å². The van der Waals surface area contributed by atoms with Gasteiger partial charge >= 0.3 is 0 Å². The van der Waals surface area contributed by atoms with Gasteiger partial charge in [0.15, 0.2) is 0 Å². The van der Waals surface area contributed by atoms with Gasteiger partial charge in [-0.25, -0.2) is 0 Å². The molecular weight excluding hydrogens is 332 g/mol. The molecule has 0 saturated heterocycles. The van der Waals surface area contributed by atoms with Gasteiger partial charge in [-0.2, -0.15) is 0 Å². The molecule has 0 rings (SSSR count). The largest absolute Gasteiger partial charge is 0.379 e. The molecule has 2 N–H and O–H groups in total. The quantitative estimate of drug-likeness (QED) is 0.385. The maximum atomic E-state index is 11.7. The first kappa shape index (κ1) is 24.9. The summed E-state index contributed by atoms with van der Waals surface area (Å²) in [6.45, 7) is 11.5. The van der Waals surface area contributed by atoms with Crippen molar-refractivity contribution in [3.05, 3.63) is 0 Å². The van der Waals surface area contributed by atoms with Gasteiger partial charge in [0.1, 0.15) is 0 Å². The number of carbonyl (C=O) groups excluding carboxylic acids is 2. The fourth-order valence-corrected chi connectivity index (χ4v) is 2.34. The SMILES string of the molecule is CC(C)CCCCNC(=O)CCCC(=O)NCCCOCCOC(C)C. The van der Waals surface area contributed by atoms with E-state index in [0.29, 0.717) is 45.6 Å². The van der Waals surface area contributed by atoms with Crippen LogP contribution in [0.2, 0.25) is 0 Å². The lowest BCUT2D eigenvalue weighted by atomic mass is 10.1. The highest BCUT2D eigenvalue weighted by molar-refractivity contribution is 5.78. The summed E-state index contributed by atoms with van der Waals surface area (Å²) in [6.07, 6.45) is 5.78. The summed E-state index contributed by atoms with van der Waals surface area (Å²) in [5, 5.41) is 5.77. The lowest BCUT2D eigenvalue weighted by molar-refractivity contribution is -0.122. The van der Waals surface area contributed by atoms with Gasteiger partial charge < -0.3 is 20.1 Å². The van der Waals surface area contributed by atoms with Crippen LogP contribution < -0.4 is 10.6 Å². The Morgan fingerprint density at radius 1 is 0.769 bits per heavy atom. The molecule has 0 saturated carbocycles. The van der Waals surface area contributed by atoms with Crippen molar-refractivity contribution in [2.45, 2.75) is 78.7 Å². The van der Waals surface area contributed by atoms with Crippen LogP contribution in [0.4, 0.5) is 0 Å². The third-order valence-electron chi connectivity index (χ3n) is 3.80. The lowest BCUT2D eigenvalue weighted by Gasteiger charge is -2.09. The molecule has 0 aromatic heterocycles. The average molecular weight is 373 g/mol. The zero-order chi connectivity index (χ0) is 19.6. The molecule has 0 aliphatic heterocycles. The molecule has 0 fully saturated rings. The standard InChI is InChI=1S/C20H40N2O4/c1-17(2)9-5-6-12-21-19(23)10-7-11-20(24)22-13-8-14-25-15-16-26-18(3)4/h17-18H,5-16H2,1-4H3,(H,21,23)(H,22,24). The molecule has 26 heavy (non-hydrogen) atoms. The monoisotopic (exact) mass is 372 g/mol. The van der Waals surface area contributed by atoms with Crippen LogP contribution in [-0.4, -0.2) is 50.8 Å². The van der Waals surface area contributed by atoms with Crippen LogP contribution in [0.15, 0.2) is 0 Å². The molecule has 0 aromatic rings. The van der Waals surface area contributed by atoms with Crippen molar-refractivity contribution >= 4 is 11.8 Å². The van der Waals surface area contributed by atoms with E-state index >= 15 is 0 Å². The third-order valence-corrected chi connectivity index (χ3v) is 3.80. The molecule has 0 heterocycles. The summed E-state index contributed by atoms with van der Waals surface area (Å²) >= 11 is 0. The molecular formula is C20H40N2O4. The van der Waals surface area contributed by atoms with Crippen molar-refractivity contribution in [3.8, 4) is 0 Å². The van der Waals surface area contributed by atoms with Crippen LogP contribution in [0.5, 0.6) is 0 Å². The highest BCUT2D eigenvalue weighted by atomic mass is 16.5. The van der Waals surface area contributed by atoms with E-state index in [-0.39, 0.29) is 17.9 Å². The molecule has 6 nitrogen and oxygen atoms in total. The molecule has 2 amide bonds. The minimum atomic E-state index is -0.00197. The van der Waals surface area contributed by atoms with Gasteiger partial charge in [0, 0.05) is 32.5 Å². The molecule has 0 aliphatic rings. The molecule has 0 bridgehead atoms. The van der Waals surface area contributed by atoms with E-state index in [4.69, 9.17) is 9.47 Å². The average Bonchev–Trinajstić information content (AvgIpc) is 2.56. The lowest BCUT2D eigenvalue weighted by Crippen LogP contribution is -2.27. The van der Waals surface area contributed by atoms with Crippen molar-refractivity contribution < 1.29 is 19.1 Å². The topological polar surface area (TPSA) is 76.7 Å². The number of hydrogen-bond acceptors (Lipinski definition) is 4. The van der Waals surface area contributed by atoms with E-state index in [1.165, 1.54) is 6.42 Å². The Labute approximate surface area is 159 Å². The summed E-state index contributed by atoms with van der Waals surface area (Å²) in [5.41, 5.74) is 0. The molecule has 6 heteroatoms. The number of carbonyl (C=O) groups is 2. The Bertz CT molecular complexity index is 360. The summed E-state index contributed by atoms with van der Waals surface area (Å²) in [6, 6.07) is 0. The van der Waals surface area contributed by atoms with Gasteiger partial charge in [-0.15, -0.1) is 0 Å². The molecule has 0 radical (unpaired) electrons. The summed E-state index contributed by atoms with van der Waals surface area (Å²) in [5.74, 6) is 0.756. The van der Waals surface area contributed by atoms with Crippen molar-refractivity contribution in [2.75, 3.05) is 32.9 Å². The zero-order valence-electron chi connectivity index (χ0n) is 17.3. The molecule has 0 atom stereocenters. The summed E-state index contributed by atoms with van der Waals surface area (Å²) < 4.78 is 10.8. The van der Waals surface area contributed by atoms with E-state index < -0.39 is 0 Å². The Morgan fingerprint density at radius 2 is 1.38 bits per heavy atom. The molecule has 0 unspecified atom stereocenters. The summed E-state index contributed by atoms with van der Waals surface area (Å²) in [4.78, 5) is 23.4. The Kier molecular flexibility index (Phi) is 16.5. The predicted octanol–water partition coefficient (Wildman–Crippen LogP) is 3.05. The second-order valence-electron chi connectivity index (χ2n) is 7.33. The number of amides is 2. The fourth-order valence-electron chi connectivity index (χ4n) is 2.34. The van der Waals surface area contributed by atoms with E-state index in [2.05, 4.69) is 24.5 Å². The maximum Gasteiger partial charge on any atom is 0.220 e. The van der Waals surface area contributed by atoms with Crippen LogP contribution in [0.3, 0.4) is 0 Å². The fraction of sp³-hybridized carbons (Fsp3) is 0.900. The normalized spacial score (nSPS) is 11.2. The second-order valence-corrected chi connectivity index (χ2v) is 7.33. The van der Waals surface area contributed by atoms with Crippen molar-refractivity contribution in [3.63, 3.8) is 0 Å². The Morgan fingerprint density at radius 3 is 1.96 bits per heavy atom. The predicted molar refractivity (Wildman–Crippen MR) is 105 cm³/mol. The first-order chi connectivity index (χ1) is 12.4. The van der Waals surface area contributed by atoms with Crippen LogP contribution in [0, 0.1) is 5.92 Å². The number of nitrogens with one attached hydrogen (secondary N) is 2. The van der Waals surface area contributed by atoms with E-state index in [1.807, 2.05) is 13.8 Å². The second kappa shape index (κ2) is 17.3. The highest BCUT2D eigenvalue weighted by Crippen LogP contribution is 2.05.